The lowest BCUT2D eigenvalue weighted by Crippen LogP contribution is -2.43. The van der Waals surface area contributed by atoms with Crippen molar-refractivity contribution in [3.63, 3.8) is 0 Å². The standard InChI is InChI=1S/C23H38N4O2S/c1-18-11-14-27(15-12-18)20(21-9-6-16-30-21)17-25-22(28)10-5-13-24-23(29)26-19-7-3-2-4-8-19/h6,9,16,18-20H,2-5,7-8,10-15,17H2,1H3,(H,25,28)(H2,24,26,29). The predicted octanol–water partition coefficient (Wildman–Crippen LogP) is 4.05. The van der Waals surface area contributed by atoms with Crippen LogP contribution in [-0.4, -0.2) is 49.1 Å². The van der Waals surface area contributed by atoms with Crippen molar-refractivity contribution in [2.75, 3.05) is 26.2 Å². The molecule has 168 valence electrons. The van der Waals surface area contributed by atoms with Crippen molar-refractivity contribution in [3.05, 3.63) is 22.4 Å². The molecule has 3 amide bonds. The largest absolute Gasteiger partial charge is 0.354 e. The number of urea groups is 1. The zero-order valence-electron chi connectivity index (χ0n) is 18.3. The van der Waals surface area contributed by atoms with Gasteiger partial charge in [0.05, 0.1) is 6.04 Å². The Hall–Kier alpha value is -1.60. The molecular formula is C23H38N4O2S. The highest BCUT2D eigenvalue weighted by molar-refractivity contribution is 7.10. The summed E-state index contributed by atoms with van der Waals surface area (Å²) in [4.78, 5) is 28.2. The molecule has 2 fully saturated rings. The van der Waals surface area contributed by atoms with Crippen LogP contribution in [0, 0.1) is 5.92 Å². The van der Waals surface area contributed by atoms with Crippen LogP contribution in [-0.2, 0) is 4.79 Å². The number of nitrogens with one attached hydrogen (secondary N) is 3. The third kappa shape index (κ3) is 7.58. The molecule has 30 heavy (non-hydrogen) atoms. The van der Waals surface area contributed by atoms with Gasteiger partial charge in [-0.25, -0.2) is 4.79 Å². The molecule has 1 aliphatic carbocycles. The Balaban J connectivity index is 1.33. The summed E-state index contributed by atoms with van der Waals surface area (Å²) in [5, 5.41) is 11.2. The molecule has 0 spiro atoms. The third-order valence-electron chi connectivity index (χ3n) is 6.43. The highest BCUT2D eigenvalue weighted by Crippen LogP contribution is 2.29. The van der Waals surface area contributed by atoms with Gasteiger partial charge in [0.2, 0.25) is 5.91 Å². The fraction of sp³-hybridized carbons (Fsp3) is 0.739. The molecule has 1 aromatic heterocycles. The maximum Gasteiger partial charge on any atom is 0.315 e. The van der Waals surface area contributed by atoms with E-state index in [2.05, 4.69) is 45.3 Å². The van der Waals surface area contributed by atoms with Crippen molar-refractivity contribution >= 4 is 23.3 Å². The summed E-state index contributed by atoms with van der Waals surface area (Å²) >= 11 is 1.77. The molecule has 1 aromatic rings. The molecule has 2 aliphatic rings. The van der Waals surface area contributed by atoms with Gasteiger partial charge in [-0.15, -0.1) is 11.3 Å². The van der Waals surface area contributed by atoms with E-state index in [4.69, 9.17) is 0 Å². The molecule has 2 heterocycles. The number of piperidine rings is 1. The Labute approximate surface area is 185 Å². The van der Waals surface area contributed by atoms with Gasteiger partial charge in [-0.3, -0.25) is 9.69 Å². The summed E-state index contributed by atoms with van der Waals surface area (Å²) in [6, 6.07) is 4.74. The summed E-state index contributed by atoms with van der Waals surface area (Å²) in [6.45, 7) is 5.70. The molecule has 1 unspecified atom stereocenters. The molecule has 6 nitrogen and oxygen atoms in total. The monoisotopic (exact) mass is 434 g/mol. The first kappa shape index (κ1) is 23.1. The lowest BCUT2D eigenvalue weighted by molar-refractivity contribution is -0.121. The smallest absolute Gasteiger partial charge is 0.315 e. The number of hydrogen-bond donors (Lipinski definition) is 3. The Kier molecular flexibility index (Phi) is 9.46. The molecule has 0 aromatic carbocycles. The van der Waals surface area contributed by atoms with Gasteiger partial charge in [-0.2, -0.15) is 0 Å². The second kappa shape index (κ2) is 12.3. The molecule has 7 heteroatoms. The Morgan fingerprint density at radius 1 is 1.13 bits per heavy atom. The zero-order valence-corrected chi connectivity index (χ0v) is 19.1. The van der Waals surface area contributed by atoms with Crippen LogP contribution < -0.4 is 16.0 Å². The van der Waals surface area contributed by atoms with Gasteiger partial charge < -0.3 is 16.0 Å². The van der Waals surface area contributed by atoms with Gasteiger partial charge in [0.15, 0.2) is 0 Å². The lowest BCUT2D eigenvalue weighted by atomic mass is 9.96. The number of likely N-dealkylation sites (tertiary alicyclic amines) is 1. The maximum atomic E-state index is 12.4. The number of hydrogen-bond acceptors (Lipinski definition) is 4. The Bertz CT molecular complexity index is 638. The van der Waals surface area contributed by atoms with Crippen molar-refractivity contribution in [1.82, 2.24) is 20.9 Å². The molecule has 1 saturated heterocycles. The van der Waals surface area contributed by atoms with Crippen molar-refractivity contribution in [2.24, 2.45) is 5.92 Å². The summed E-state index contributed by atoms with van der Waals surface area (Å²) in [6.07, 6.45) is 9.40. The molecule has 1 saturated carbocycles. The number of nitrogens with zero attached hydrogens (tertiary/aromatic N) is 1. The molecule has 0 radical (unpaired) electrons. The predicted molar refractivity (Wildman–Crippen MR) is 123 cm³/mol. The van der Waals surface area contributed by atoms with Crippen LogP contribution in [0.3, 0.4) is 0 Å². The number of carbonyl (C=O) groups is 2. The van der Waals surface area contributed by atoms with Crippen LogP contribution in [0.15, 0.2) is 17.5 Å². The quantitative estimate of drug-likeness (QED) is 0.513. The topological polar surface area (TPSA) is 73.5 Å². The highest BCUT2D eigenvalue weighted by Gasteiger charge is 2.25. The molecule has 1 aliphatic heterocycles. The zero-order chi connectivity index (χ0) is 21.2. The second-order valence-corrected chi connectivity index (χ2v) is 9.87. The summed E-state index contributed by atoms with van der Waals surface area (Å²) in [5.74, 6) is 0.860. The summed E-state index contributed by atoms with van der Waals surface area (Å²) in [7, 11) is 0. The van der Waals surface area contributed by atoms with Crippen LogP contribution in [0.1, 0.15) is 75.6 Å². The SMILES string of the molecule is CC1CCN(C(CNC(=O)CCCNC(=O)NC2CCCCC2)c2cccs2)CC1. The van der Waals surface area contributed by atoms with Crippen LogP contribution in [0.5, 0.6) is 0 Å². The average molecular weight is 435 g/mol. The van der Waals surface area contributed by atoms with Gasteiger partial charge in [0.1, 0.15) is 0 Å². The Morgan fingerprint density at radius 3 is 2.60 bits per heavy atom. The fourth-order valence-electron chi connectivity index (χ4n) is 4.46. The highest BCUT2D eigenvalue weighted by atomic mass is 32.1. The van der Waals surface area contributed by atoms with Crippen molar-refractivity contribution in [3.8, 4) is 0 Å². The number of carbonyl (C=O) groups excluding carboxylic acids is 2. The summed E-state index contributed by atoms with van der Waals surface area (Å²) < 4.78 is 0. The van der Waals surface area contributed by atoms with E-state index in [0.29, 0.717) is 32.0 Å². The number of rotatable bonds is 9. The molecule has 3 N–H and O–H groups in total. The van der Waals surface area contributed by atoms with Crippen molar-refractivity contribution in [2.45, 2.75) is 76.8 Å². The van der Waals surface area contributed by atoms with Crippen LogP contribution in [0.25, 0.3) is 0 Å². The minimum Gasteiger partial charge on any atom is -0.354 e. The van der Waals surface area contributed by atoms with Crippen LogP contribution >= 0.6 is 11.3 Å². The van der Waals surface area contributed by atoms with Crippen molar-refractivity contribution in [1.29, 1.82) is 0 Å². The van der Waals surface area contributed by atoms with E-state index < -0.39 is 0 Å². The van der Waals surface area contributed by atoms with E-state index in [1.165, 1.54) is 37.0 Å². The van der Waals surface area contributed by atoms with Gasteiger partial charge in [0.25, 0.3) is 0 Å². The average Bonchev–Trinajstić information content (AvgIpc) is 3.28. The molecule has 1 atom stereocenters. The van der Waals surface area contributed by atoms with Gasteiger partial charge in [-0.05, 0) is 62.6 Å². The van der Waals surface area contributed by atoms with Gasteiger partial charge in [0, 0.05) is 30.4 Å². The maximum absolute atomic E-state index is 12.4. The second-order valence-electron chi connectivity index (χ2n) is 8.89. The van der Waals surface area contributed by atoms with E-state index in [1.807, 2.05) is 0 Å². The van der Waals surface area contributed by atoms with E-state index >= 15 is 0 Å². The number of amides is 3. The van der Waals surface area contributed by atoms with Crippen LogP contribution in [0.4, 0.5) is 4.79 Å². The minimum absolute atomic E-state index is 0.0661. The number of thiophene rings is 1. The van der Waals surface area contributed by atoms with Gasteiger partial charge >= 0.3 is 6.03 Å². The lowest BCUT2D eigenvalue weighted by Gasteiger charge is -2.36. The van der Waals surface area contributed by atoms with Crippen LogP contribution in [0.2, 0.25) is 0 Å². The van der Waals surface area contributed by atoms with Crippen molar-refractivity contribution < 1.29 is 9.59 Å². The first-order chi connectivity index (χ1) is 14.6. The molecule has 0 bridgehead atoms. The molecular weight excluding hydrogens is 396 g/mol. The van der Waals surface area contributed by atoms with E-state index in [-0.39, 0.29) is 18.0 Å². The van der Waals surface area contributed by atoms with E-state index in [1.54, 1.807) is 11.3 Å². The normalized spacial score (nSPS) is 19.9. The summed E-state index contributed by atoms with van der Waals surface area (Å²) in [5.41, 5.74) is 0. The fourth-order valence-corrected chi connectivity index (χ4v) is 5.32. The third-order valence-corrected chi connectivity index (χ3v) is 7.40. The van der Waals surface area contributed by atoms with E-state index in [9.17, 15) is 9.59 Å². The first-order valence-corrected chi connectivity index (χ1v) is 12.6. The van der Waals surface area contributed by atoms with E-state index in [0.717, 1.165) is 31.8 Å². The van der Waals surface area contributed by atoms with Gasteiger partial charge in [-0.1, -0.05) is 32.3 Å². The minimum atomic E-state index is -0.0978. The first-order valence-electron chi connectivity index (χ1n) is 11.7. The molecule has 3 rings (SSSR count). The Morgan fingerprint density at radius 2 is 1.90 bits per heavy atom.